The molecule has 0 saturated carbocycles. The first-order chi connectivity index (χ1) is 7.66. The van der Waals surface area contributed by atoms with E-state index >= 15 is 0 Å². The number of halogens is 2. The largest absolute Gasteiger partial charge is 0.394 e. The van der Waals surface area contributed by atoms with E-state index in [2.05, 4.69) is 5.16 Å². The molecule has 0 unspecified atom stereocenters. The first-order valence-electron chi connectivity index (χ1n) is 4.42. The number of nitrogens with two attached hydrogens (primary N) is 1. The Morgan fingerprint density at radius 3 is 2.44 bits per heavy atom. The number of hydrogen-bond acceptors (Lipinski definition) is 4. The van der Waals surface area contributed by atoms with Crippen molar-refractivity contribution in [2.24, 2.45) is 0 Å². The summed E-state index contributed by atoms with van der Waals surface area (Å²) in [6.07, 6.45) is 1.40. The molecule has 1 heterocycles. The average molecular weight is 242 g/mol. The molecule has 0 amide bonds. The van der Waals surface area contributed by atoms with E-state index in [1.165, 1.54) is 6.20 Å². The number of aromatic nitrogens is 1. The van der Waals surface area contributed by atoms with Crippen molar-refractivity contribution in [3.05, 3.63) is 30.5 Å². The zero-order chi connectivity index (χ0) is 11.5. The van der Waals surface area contributed by atoms with Crippen LogP contribution in [0.25, 0.3) is 11.3 Å². The molecule has 84 valence electrons. The van der Waals surface area contributed by atoms with Gasteiger partial charge in [-0.05, 0) is 24.3 Å². The maximum atomic E-state index is 12.1. The smallest absolute Gasteiger partial charge is 0.288 e. The number of hydrogen-bond donors (Lipinski definition) is 1. The van der Waals surface area contributed by atoms with Gasteiger partial charge in [0.05, 0.1) is 6.20 Å². The maximum Gasteiger partial charge on any atom is 0.288 e. The van der Waals surface area contributed by atoms with Gasteiger partial charge in [-0.25, -0.2) is 0 Å². The van der Waals surface area contributed by atoms with Gasteiger partial charge in [0.1, 0.15) is 5.69 Å². The number of rotatable bonds is 3. The summed E-state index contributed by atoms with van der Waals surface area (Å²) in [5.74, 6) is -1.96. The zero-order valence-electron chi connectivity index (χ0n) is 8.06. The number of nitrogens with zero attached hydrogens (tertiary/aromatic N) is 1. The summed E-state index contributed by atoms with van der Waals surface area (Å²) in [4.78, 5) is 0.497. The summed E-state index contributed by atoms with van der Waals surface area (Å²) >= 11 is 0.498. The number of alkyl halides is 2. The molecule has 0 radical (unpaired) electrons. The molecule has 6 heteroatoms. The van der Waals surface area contributed by atoms with Crippen molar-refractivity contribution in [1.82, 2.24) is 5.16 Å². The van der Waals surface area contributed by atoms with E-state index in [-0.39, 0.29) is 0 Å². The van der Waals surface area contributed by atoms with Crippen LogP contribution in [-0.2, 0) is 0 Å². The zero-order valence-corrected chi connectivity index (χ0v) is 8.88. The van der Waals surface area contributed by atoms with Crippen molar-refractivity contribution in [3.8, 4) is 11.3 Å². The third kappa shape index (κ3) is 2.33. The van der Waals surface area contributed by atoms with Crippen LogP contribution in [0.3, 0.4) is 0 Å². The molecule has 0 aliphatic heterocycles. The van der Waals surface area contributed by atoms with E-state index in [1.54, 1.807) is 24.3 Å². The Bertz CT molecular complexity index is 470. The highest BCUT2D eigenvalue weighted by molar-refractivity contribution is 7.99. The fraction of sp³-hybridized carbons (Fsp3) is 0.100. The second-order valence-electron chi connectivity index (χ2n) is 3.01. The molecule has 0 bridgehead atoms. The Morgan fingerprint density at radius 2 is 1.94 bits per heavy atom. The highest BCUT2D eigenvalue weighted by atomic mass is 32.2. The molecule has 0 fully saturated rings. The molecule has 0 atom stereocenters. The molecule has 1 aromatic carbocycles. The lowest BCUT2D eigenvalue weighted by molar-refractivity contribution is 0.252. The molecule has 2 rings (SSSR count). The minimum atomic E-state index is -2.42. The van der Waals surface area contributed by atoms with Gasteiger partial charge < -0.3 is 10.3 Å². The normalized spacial score (nSPS) is 10.9. The minimum Gasteiger partial charge on any atom is -0.394 e. The summed E-state index contributed by atoms with van der Waals surface area (Å²) in [7, 11) is 0. The van der Waals surface area contributed by atoms with E-state index in [4.69, 9.17) is 10.3 Å². The van der Waals surface area contributed by atoms with Crippen LogP contribution in [0.5, 0.6) is 0 Å². The third-order valence-electron chi connectivity index (χ3n) is 1.94. The Morgan fingerprint density at radius 1 is 1.25 bits per heavy atom. The molecule has 0 aliphatic rings. The van der Waals surface area contributed by atoms with Crippen LogP contribution < -0.4 is 5.73 Å². The van der Waals surface area contributed by atoms with Crippen LogP contribution in [-0.4, -0.2) is 10.9 Å². The van der Waals surface area contributed by atoms with E-state index in [0.29, 0.717) is 33.7 Å². The molecule has 1 aromatic heterocycles. The van der Waals surface area contributed by atoms with E-state index < -0.39 is 5.76 Å². The summed E-state index contributed by atoms with van der Waals surface area (Å²) in [6, 6.07) is 6.52. The number of nitrogen functional groups attached to an aromatic ring is 1. The summed E-state index contributed by atoms with van der Waals surface area (Å²) in [5, 5.41) is 3.54. The van der Waals surface area contributed by atoms with E-state index in [0.717, 1.165) is 0 Å². The number of benzene rings is 1. The molecular formula is C10H8F2N2OS. The Balaban J connectivity index is 2.23. The molecule has 16 heavy (non-hydrogen) atoms. The lowest BCUT2D eigenvalue weighted by atomic mass is 10.1. The van der Waals surface area contributed by atoms with Crippen molar-refractivity contribution in [2.45, 2.75) is 10.7 Å². The highest BCUT2D eigenvalue weighted by Gasteiger charge is 2.09. The summed E-state index contributed by atoms with van der Waals surface area (Å²) < 4.78 is 29.1. The van der Waals surface area contributed by atoms with Crippen LogP contribution in [0.2, 0.25) is 0 Å². The van der Waals surface area contributed by atoms with Crippen LogP contribution in [0, 0.1) is 0 Å². The quantitative estimate of drug-likeness (QED) is 0.839. The lowest BCUT2D eigenvalue weighted by Gasteiger charge is -2.01. The molecule has 3 nitrogen and oxygen atoms in total. The van der Waals surface area contributed by atoms with Gasteiger partial charge in [0.25, 0.3) is 5.76 Å². The fourth-order valence-corrected chi connectivity index (χ4v) is 1.75. The molecular weight excluding hydrogens is 234 g/mol. The summed E-state index contributed by atoms with van der Waals surface area (Å²) in [6.45, 7) is 0. The van der Waals surface area contributed by atoms with Crippen LogP contribution in [0.4, 0.5) is 14.5 Å². The first-order valence-corrected chi connectivity index (χ1v) is 5.30. The topological polar surface area (TPSA) is 52.0 Å². The van der Waals surface area contributed by atoms with Crippen molar-refractivity contribution in [2.75, 3.05) is 5.73 Å². The Kier molecular flexibility index (Phi) is 3.09. The highest BCUT2D eigenvalue weighted by Crippen LogP contribution is 2.29. The van der Waals surface area contributed by atoms with Gasteiger partial charge in [0, 0.05) is 10.5 Å². The Labute approximate surface area is 94.6 Å². The second-order valence-corrected chi connectivity index (χ2v) is 4.08. The number of thioether (sulfide) groups is 1. The molecule has 0 spiro atoms. The molecule has 2 aromatic rings. The van der Waals surface area contributed by atoms with Crippen molar-refractivity contribution in [3.63, 3.8) is 0 Å². The average Bonchev–Trinajstić information content (AvgIpc) is 2.65. The molecule has 2 N–H and O–H groups in total. The summed E-state index contributed by atoms with van der Waals surface area (Å²) in [5.41, 5.74) is 6.75. The van der Waals surface area contributed by atoms with Crippen LogP contribution in [0.1, 0.15) is 0 Å². The van der Waals surface area contributed by atoms with Crippen LogP contribution in [0.15, 0.2) is 39.9 Å². The van der Waals surface area contributed by atoms with Gasteiger partial charge in [-0.1, -0.05) is 16.9 Å². The van der Waals surface area contributed by atoms with Crippen molar-refractivity contribution in [1.29, 1.82) is 0 Å². The van der Waals surface area contributed by atoms with Gasteiger partial charge in [-0.2, -0.15) is 8.78 Å². The standard InChI is InChI=1S/C10H8F2N2OS/c11-10(12)16-7-3-1-6(2-4-7)9-8(13)5-14-15-9/h1-5,10H,13H2. The SMILES string of the molecule is Nc1cnoc1-c1ccc(SC(F)F)cc1. The predicted molar refractivity (Wildman–Crippen MR) is 58.2 cm³/mol. The maximum absolute atomic E-state index is 12.1. The van der Waals surface area contributed by atoms with Gasteiger partial charge in [-0.15, -0.1) is 0 Å². The van der Waals surface area contributed by atoms with Gasteiger partial charge in [0.15, 0.2) is 5.76 Å². The molecule has 0 saturated heterocycles. The van der Waals surface area contributed by atoms with E-state index in [1.807, 2.05) is 0 Å². The van der Waals surface area contributed by atoms with E-state index in [9.17, 15) is 8.78 Å². The first kappa shape index (κ1) is 10.9. The van der Waals surface area contributed by atoms with Gasteiger partial charge in [-0.3, -0.25) is 0 Å². The predicted octanol–water partition coefficient (Wildman–Crippen LogP) is 3.24. The minimum absolute atomic E-state index is 0.425. The van der Waals surface area contributed by atoms with Gasteiger partial charge >= 0.3 is 0 Å². The van der Waals surface area contributed by atoms with Crippen molar-refractivity contribution < 1.29 is 13.3 Å². The number of anilines is 1. The third-order valence-corrected chi connectivity index (χ3v) is 2.66. The monoisotopic (exact) mass is 242 g/mol. The Hall–Kier alpha value is -1.56. The lowest BCUT2D eigenvalue weighted by Crippen LogP contribution is -1.85. The fourth-order valence-electron chi connectivity index (χ4n) is 1.25. The second kappa shape index (κ2) is 4.52. The van der Waals surface area contributed by atoms with Gasteiger partial charge in [0.2, 0.25) is 0 Å². The van der Waals surface area contributed by atoms with Crippen LogP contribution >= 0.6 is 11.8 Å². The molecule has 0 aliphatic carbocycles. The van der Waals surface area contributed by atoms with Crippen molar-refractivity contribution >= 4 is 17.4 Å².